The summed E-state index contributed by atoms with van der Waals surface area (Å²) < 4.78 is 5.13. The van der Waals surface area contributed by atoms with Crippen LogP contribution in [0.4, 0.5) is 5.69 Å². The van der Waals surface area contributed by atoms with Crippen molar-refractivity contribution in [2.75, 3.05) is 23.9 Å². The monoisotopic (exact) mass is 468 g/mol. The number of hydrogen-bond acceptors (Lipinski definition) is 5. The summed E-state index contributed by atoms with van der Waals surface area (Å²) in [5, 5.41) is 6.30. The van der Waals surface area contributed by atoms with Gasteiger partial charge in [0.1, 0.15) is 6.04 Å². The molecule has 0 heterocycles. The van der Waals surface area contributed by atoms with Gasteiger partial charge in [-0.2, -0.15) is 11.8 Å². The average Bonchev–Trinajstić information content (AvgIpc) is 2.72. The van der Waals surface area contributed by atoms with Gasteiger partial charge in [-0.05, 0) is 67.3 Å². The standard InChI is InChI=1S/C21H22Cl2N2O4S/c1-13-3-6-16(23)11-18(13)24-19(26)12-29-21(28)17(9-10-30-2)25-20(27)14-4-7-15(22)8-5-14/h3-8,11,17H,9-10,12H2,1-2H3,(H,24,26)(H,25,27)/t17-/m0/s1. The lowest BCUT2D eigenvalue weighted by molar-refractivity contribution is -0.149. The van der Waals surface area contributed by atoms with Crippen molar-refractivity contribution in [2.45, 2.75) is 19.4 Å². The molecule has 0 saturated carbocycles. The zero-order valence-electron chi connectivity index (χ0n) is 16.5. The summed E-state index contributed by atoms with van der Waals surface area (Å²) in [7, 11) is 0. The number of aryl methyl sites for hydroxylation is 1. The van der Waals surface area contributed by atoms with Gasteiger partial charge < -0.3 is 15.4 Å². The van der Waals surface area contributed by atoms with Crippen molar-refractivity contribution in [3.8, 4) is 0 Å². The first kappa shape index (κ1) is 24.1. The van der Waals surface area contributed by atoms with Gasteiger partial charge in [0, 0.05) is 21.3 Å². The first-order valence-electron chi connectivity index (χ1n) is 9.08. The van der Waals surface area contributed by atoms with E-state index in [1.165, 1.54) is 11.8 Å². The maximum absolute atomic E-state index is 12.5. The number of ether oxygens (including phenoxy) is 1. The molecule has 2 N–H and O–H groups in total. The van der Waals surface area contributed by atoms with Gasteiger partial charge in [0.05, 0.1) is 0 Å². The molecule has 0 aromatic heterocycles. The Labute approximate surface area is 189 Å². The number of benzene rings is 2. The zero-order valence-corrected chi connectivity index (χ0v) is 18.9. The fourth-order valence-corrected chi connectivity index (χ4v) is 3.25. The minimum absolute atomic E-state index is 0.369. The second-order valence-electron chi connectivity index (χ2n) is 6.43. The quantitative estimate of drug-likeness (QED) is 0.534. The number of thioether (sulfide) groups is 1. The molecule has 0 aliphatic heterocycles. The van der Waals surface area contributed by atoms with Crippen LogP contribution in [0.15, 0.2) is 42.5 Å². The van der Waals surface area contributed by atoms with Crippen molar-refractivity contribution in [2.24, 2.45) is 0 Å². The highest BCUT2D eigenvalue weighted by molar-refractivity contribution is 7.98. The third kappa shape index (κ3) is 7.55. The van der Waals surface area contributed by atoms with E-state index in [2.05, 4.69) is 10.6 Å². The largest absolute Gasteiger partial charge is 0.454 e. The van der Waals surface area contributed by atoms with Gasteiger partial charge >= 0.3 is 5.97 Å². The summed E-state index contributed by atoms with van der Waals surface area (Å²) in [4.78, 5) is 37.1. The Balaban J connectivity index is 1.95. The van der Waals surface area contributed by atoms with Gasteiger partial charge in [0.25, 0.3) is 11.8 Å². The van der Waals surface area contributed by atoms with E-state index in [1.54, 1.807) is 42.5 Å². The predicted molar refractivity (Wildman–Crippen MR) is 121 cm³/mol. The maximum Gasteiger partial charge on any atom is 0.329 e. The first-order chi connectivity index (χ1) is 14.3. The molecule has 1 atom stereocenters. The van der Waals surface area contributed by atoms with Crippen LogP contribution in [0.1, 0.15) is 22.3 Å². The maximum atomic E-state index is 12.5. The van der Waals surface area contributed by atoms with E-state index in [4.69, 9.17) is 27.9 Å². The molecule has 0 aliphatic carbocycles. The molecule has 0 bridgehead atoms. The lowest BCUT2D eigenvalue weighted by Gasteiger charge is -2.17. The highest BCUT2D eigenvalue weighted by atomic mass is 35.5. The number of anilines is 1. The van der Waals surface area contributed by atoms with Crippen LogP contribution in [0.5, 0.6) is 0 Å². The number of amides is 2. The molecule has 0 radical (unpaired) electrons. The highest BCUT2D eigenvalue weighted by Gasteiger charge is 2.23. The van der Waals surface area contributed by atoms with Crippen molar-refractivity contribution >= 4 is 58.4 Å². The van der Waals surface area contributed by atoms with Gasteiger partial charge in [-0.1, -0.05) is 29.3 Å². The fourth-order valence-electron chi connectivity index (χ4n) is 2.48. The molecule has 0 fully saturated rings. The molecule has 0 aliphatic rings. The van der Waals surface area contributed by atoms with Crippen molar-refractivity contribution in [3.05, 3.63) is 63.6 Å². The van der Waals surface area contributed by atoms with Crippen LogP contribution in [0.2, 0.25) is 10.0 Å². The van der Waals surface area contributed by atoms with Crippen LogP contribution in [0.3, 0.4) is 0 Å². The minimum Gasteiger partial charge on any atom is -0.454 e. The van der Waals surface area contributed by atoms with Gasteiger partial charge in [0.2, 0.25) is 0 Å². The smallest absolute Gasteiger partial charge is 0.329 e. The zero-order chi connectivity index (χ0) is 22.1. The topological polar surface area (TPSA) is 84.5 Å². The highest BCUT2D eigenvalue weighted by Crippen LogP contribution is 2.20. The van der Waals surface area contributed by atoms with E-state index in [9.17, 15) is 14.4 Å². The Hall–Kier alpha value is -2.22. The molecule has 2 amide bonds. The number of hydrogen-bond donors (Lipinski definition) is 2. The van der Waals surface area contributed by atoms with Crippen LogP contribution < -0.4 is 10.6 Å². The third-order valence-electron chi connectivity index (χ3n) is 4.13. The summed E-state index contributed by atoms with van der Waals surface area (Å²) >= 11 is 13.3. The summed E-state index contributed by atoms with van der Waals surface area (Å²) in [6.45, 7) is 1.35. The SMILES string of the molecule is CSCC[C@H](NC(=O)c1ccc(Cl)cc1)C(=O)OCC(=O)Nc1cc(Cl)ccc1C. The van der Waals surface area contributed by atoms with Gasteiger partial charge in [-0.15, -0.1) is 0 Å². The molecule has 0 unspecified atom stereocenters. The number of carbonyl (C=O) groups is 3. The van der Waals surface area contributed by atoms with E-state index in [0.29, 0.717) is 33.5 Å². The van der Waals surface area contributed by atoms with Crippen LogP contribution in [0.25, 0.3) is 0 Å². The Bertz CT molecular complexity index is 906. The molecule has 0 saturated heterocycles. The molecule has 0 spiro atoms. The number of halogens is 2. The molecular weight excluding hydrogens is 447 g/mol. The number of esters is 1. The number of rotatable bonds is 9. The van der Waals surface area contributed by atoms with Crippen LogP contribution in [0, 0.1) is 6.92 Å². The summed E-state index contributed by atoms with van der Waals surface area (Å²) in [6.07, 6.45) is 2.26. The van der Waals surface area contributed by atoms with Gasteiger partial charge in [0.15, 0.2) is 6.61 Å². The van der Waals surface area contributed by atoms with E-state index < -0.39 is 30.4 Å². The molecule has 160 valence electrons. The van der Waals surface area contributed by atoms with E-state index in [-0.39, 0.29) is 0 Å². The summed E-state index contributed by atoms with van der Waals surface area (Å²) in [6, 6.07) is 10.5. The van der Waals surface area contributed by atoms with Crippen molar-refractivity contribution < 1.29 is 19.1 Å². The normalized spacial score (nSPS) is 11.5. The van der Waals surface area contributed by atoms with Gasteiger partial charge in [-0.3, -0.25) is 9.59 Å². The summed E-state index contributed by atoms with van der Waals surface area (Å²) in [5.41, 5.74) is 1.74. The Morgan fingerprint density at radius 3 is 2.40 bits per heavy atom. The van der Waals surface area contributed by atoms with E-state index >= 15 is 0 Å². The Morgan fingerprint density at radius 1 is 1.07 bits per heavy atom. The lowest BCUT2D eigenvalue weighted by atomic mass is 10.1. The lowest BCUT2D eigenvalue weighted by Crippen LogP contribution is -2.43. The number of nitrogens with one attached hydrogen (secondary N) is 2. The molecule has 30 heavy (non-hydrogen) atoms. The second-order valence-corrected chi connectivity index (χ2v) is 8.29. The van der Waals surface area contributed by atoms with Crippen molar-refractivity contribution in [1.29, 1.82) is 0 Å². The molecular formula is C21H22Cl2N2O4S. The van der Waals surface area contributed by atoms with Crippen LogP contribution >= 0.6 is 35.0 Å². The van der Waals surface area contributed by atoms with Crippen molar-refractivity contribution in [3.63, 3.8) is 0 Å². The average molecular weight is 469 g/mol. The Kier molecular flexibility index (Phi) is 9.49. The third-order valence-corrected chi connectivity index (χ3v) is 5.26. The predicted octanol–water partition coefficient (Wildman–Crippen LogP) is 4.34. The van der Waals surface area contributed by atoms with E-state index in [1.807, 2.05) is 13.2 Å². The Morgan fingerprint density at radius 2 is 1.73 bits per heavy atom. The van der Waals surface area contributed by atoms with Crippen LogP contribution in [-0.2, 0) is 14.3 Å². The van der Waals surface area contributed by atoms with Gasteiger partial charge in [-0.25, -0.2) is 4.79 Å². The van der Waals surface area contributed by atoms with Crippen molar-refractivity contribution in [1.82, 2.24) is 5.32 Å². The second kappa shape index (κ2) is 11.8. The molecule has 2 rings (SSSR count). The number of carbonyl (C=O) groups excluding carboxylic acids is 3. The first-order valence-corrected chi connectivity index (χ1v) is 11.2. The molecule has 2 aromatic carbocycles. The fraction of sp³-hybridized carbons (Fsp3) is 0.286. The molecule has 2 aromatic rings. The molecule has 9 heteroatoms. The summed E-state index contributed by atoms with van der Waals surface area (Å²) in [5.74, 6) is -0.964. The minimum atomic E-state index is -0.874. The van der Waals surface area contributed by atoms with Crippen LogP contribution in [-0.4, -0.2) is 42.4 Å². The molecule has 6 nitrogen and oxygen atoms in total. The van der Waals surface area contributed by atoms with E-state index in [0.717, 1.165) is 5.56 Å².